The van der Waals surface area contributed by atoms with E-state index in [1.165, 1.54) is 54.5 Å². The van der Waals surface area contributed by atoms with Gasteiger partial charge in [-0.2, -0.15) is 4.57 Å². The van der Waals surface area contributed by atoms with Crippen molar-refractivity contribution < 1.29 is 4.57 Å². The van der Waals surface area contributed by atoms with Crippen LogP contribution in [0.5, 0.6) is 0 Å². The number of para-hydroxylation sites is 3. The van der Waals surface area contributed by atoms with Crippen LogP contribution in [0.3, 0.4) is 0 Å². The van der Waals surface area contributed by atoms with Crippen molar-refractivity contribution in [3.8, 4) is 11.5 Å². The van der Waals surface area contributed by atoms with Gasteiger partial charge in [0.1, 0.15) is 25.1 Å². The minimum absolute atomic E-state index is 0.0199. The first kappa shape index (κ1) is 28.3. The lowest BCUT2D eigenvalue weighted by Crippen LogP contribution is -2.53. The fraction of sp³-hybridized carbons (Fsp3) is 0.231. The maximum atomic E-state index is 4.87. The maximum absolute atomic E-state index is 4.87. The van der Waals surface area contributed by atoms with E-state index in [9.17, 15) is 0 Å². The van der Waals surface area contributed by atoms with E-state index in [0.29, 0.717) is 5.92 Å². The van der Waals surface area contributed by atoms with E-state index in [4.69, 9.17) is 4.98 Å². The van der Waals surface area contributed by atoms with Gasteiger partial charge in [-0.25, -0.2) is 9.55 Å². The monoisotopic (exact) mass is 593 g/mol. The molecule has 0 aliphatic heterocycles. The Bertz CT molecular complexity index is 2170. The molecule has 7 rings (SSSR count). The molecule has 0 atom stereocenters. The van der Waals surface area contributed by atoms with Crippen LogP contribution in [0.1, 0.15) is 46.1 Å². The number of pyridine rings is 1. The van der Waals surface area contributed by atoms with Gasteiger partial charge < -0.3 is 0 Å². The molecule has 0 aliphatic carbocycles. The van der Waals surface area contributed by atoms with Crippen LogP contribution < -0.4 is 14.9 Å². The molecular formula is C39H41N4Si+. The highest BCUT2D eigenvalue weighted by Gasteiger charge is 2.30. The van der Waals surface area contributed by atoms with Gasteiger partial charge in [0.15, 0.2) is 11.0 Å². The van der Waals surface area contributed by atoms with E-state index < -0.39 is 8.07 Å². The summed E-state index contributed by atoms with van der Waals surface area (Å²) in [7, 11) is -2.09. The van der Waals surface area contributed by atoms with Gasteiger partial charge in [0.25, 0.3) is 0 Å². The van der Waals surface area contributed by atoms with Crippen molar-refractivity contribution in [2.75, 3.05) is 0 Å². The topological polar surface area (TPSA) is 26.6 Å². The average molecular weight is 594 g/mol. The summed E-state index contributed by atoms with van der Waals surface area (Å²) in [5.74, 6) is 1.42. The molecule has 0 unspecified atom stereocenters. The number of aromatic nitrogens is 4. The Morgan fingerprint density at radius 2 is 1.41 bits per heavy atom. The molecule has 4 aromatic carbocycles. The number of rotatable bonds is 5. The van der Waals surface area contributed by atoms with E-state index in [1.807, 2.05) is 6.20 Å². The Labute approximate surface area is 261 Å². The third-order valence-corrected chi connectivity index (χ3v) is 12.8. The Hall–Kier alpha value is -4.48. The van der Waals surface area contributed by atoms with Crippen LogP contribution in [-0.2, 0) is 5.54 Å². The quantitative estimate of drug-likeness (QED) is 0.146. The number of hydrogen-bond acceptors (Lipinski definition) is 1. The van der Waals surface area contributed by atoms with Crippen molar-refractivity contribution >= 4 is 51.3 Å². The van der Waals surface area contributed by atoms with Crippen molar-refractivity contribution in [3.05, 3.63) is 121 Å². The van der Waals surface area contributed by atoms with Crippen LogP contribution in [0, 0.1) is 0 Å². The summed E-state index contributed by atoms with van der Waals surface area (Å²) in [6.45, 7) is 16.2. The molecule has 44 heavy (non-hydrogen) atoms. The molecule has 220 valence electrons. The van der Waals surface area contributed by atoms with Gasteiger partial charge in [-0.05, 0) is 80.8 Å². The van der Waals surface area contributed by atoms with E-state index >= 15 is 0 Å². The van der Waals surface area contributed by atoms with Crippen molar-refractivity contribution in [3.63, 3.8) is 0 Å². The van der Waals surface area contributed by atoms with Gasteiger partial charge in [0.2, 0.25) is 6.33 Å². The zero-order valence-corrected chi connectivity index (χ0v) is 27.8. The molecule has 0 aliphatic rings. The summed E-state index contributed by atoms with van der Waals surface area (Å²) >= 11 is 0. The SMILES string of the molecule is CC(C)c1ccnc(-n2c3ccccc3c3ccc([Si](C)(C)c4cccc(-n5c[n+](C(C)(C)C)c6ccccc65)c4)cc32)c1. The minimum Gasteiger partial charge on any atom is -0.294 e. The normalized spacial score (nSPS) is 12.6. The highest BCUT2D eigenvalue weighted by atomic mass is 28.3. The molecule has 0 amide bonds. The van der Waals surface area contributed by atoms with Gasteiger partial charge in [-0.15, -0.1) is 0 Å². The van der Waals surface area contributed by atoms with Crippen molar-refractivity contribution in [1.29, 1.82) is 0 Å². The summed E-state index contributed by atoms with van der Waals surface area (Å²) < 4.78 is 7.09. The number of fused-ring (bicyclic) bond motifs is 4. The van der Waals surface area contributed by atoms with E-state index in [1.54, 1.807) is 0 Å². The predicted octanol–water partition coefficient (Wildman–Crippen LogP) is 8.11. The molecule has 0 N–H and O–H groups in total. The van der Waals surface area contributed by atoms with Crippen LogP contribution in [0.25, 0.3) is 44.3 Å². The van der Waals surface area contributed by atoms with Crippen molar-refractivity contribution in [2.24, 2.45) is 0 Å². The predicted molar refractivity (Wildman–Crippen MR) is 188 cm³/mol. The lowest BCUT2D eigenvalue weighted by atomic mass is 10.1. The highest BCUT2D eigenvalue weighted by Crippen LogP contribution is 2.32. The zero-order valence-electron chi connectivity index (χ0n) is 26.8. The van der Waals surface area contributed by atoms with Crippen molar-refractivity contribution in [1.82, 2.24) is 14.1 Å². The summed E-state index contributed by atoms with van der Waals surface area (Å²) in [5, 5.41) is 5.36. The molecule has 0 fully saturated rings. The molecule has 7 aromatic rings. The highest BCUT2D eigenvalue weighted by molar-refractivity contribution is 7.00. The minimum atomic E-state index is -2.09. The molecule has 0 radical (unpaired) electrons. The second-order valence-electron chi connectivity index (χ2n) is 13.9. The van der Waals surface area contributed by atoms with Crippen LogP contribution in [-0.4, -0.2) is 22.2 Å². The van der Waals surface area contributed by atoms with E-state index in [-0.39, 0.29) is 5.54 Å². The lowest BCUT2D eigenvalue weighted by Gasteiger charge is -2.24. The average Bonchev–Trinajstić information content (AvgIpc) is 3.58. The first-order valence-corrected chi connectivity index (χ1v) is 18.7. The van der Waals surface area contributed by atoms with Gasteiger partial charge in [-0.1, -0.05) is 91.9 Å². The van der Waals surface area contributed by atoms with Crippen LogP contribution in [0.15, 0.2) is 116 Å². The van der Waals surface area contributed by atoms with Crippen LogP contribution in [0.4, 0.5) is 0 Å². The molecule has 4 nitrogen and oxygen atoms in total. The van der Waals surface area contributed by atoms with E-state index in [2.05, 4.69) is 171 Å². The number of nitrogens with zero attached hydrogens (tertiary/aromatic N) is 4. The largest absolute Gasteiger partial charge is 0.294 e. The summed E-state index contributed by atoms with van der Waals surface area (Å²) in [4.78, 5) is 4.87. The summed E-state index contributed by atoms with van der Waals surface area (Å²) in [6, 6.07) is 38.2. The Kier molecular flexibility index (Phi) is 6.63. The van der Waals surface area contributed by atoms with E-state index in [0.717, 1.165) is 5.82 Å². The Morgan fingerprint density at radius 1 is 0.705 bits per heavy atom. The van der Waals surface area contributed by atoms with Gasteiger partial charge in [0, 0.05) is 17.0 Å². The second-order valence-corrected chi connectivity index (χ2v) is 18.3. The summed E-state index contributed by atoms with van der Waals surface area (Å²) in [5.41, 5.74) is 7.36. The smallest absolute Gasteiger partial charge is 0.250 e. The first-order valence-electron chi connectivity index (χ1n) is 15.7. The van der Waals surface area contributed by atoms with Gasteiger partial charge in [-0.3, -0.25) is 4.57 Å². The fourth-order valence-corrected chi connectivity index (χ4v) is 8.94. The third-order valence-electron chi connectivity index (χ3n) is 9.26. The molecule has 0 saturated heterocycles. The summed E-state index contributed by atoms with van der Waals surface area (Å²) in [6.07, 6.45) is 4.22. The number of hydrogen-bond donors (Lipinski definition) is 0. The lowest BCUT2D eigenvalue weighted by molar-refractivity contribution is -0.731. The number of imidazole rings is 1. The number of benzene rings is 4. The Morgan fingerprint density at radius 3 is 2.18 bits per heavy atom. The van der Waals surface area contributed by atoms with Crippen molar-refractivity contribution in [2.45, 2.75) is 59.2 Å². The molecule has 0 bridgehead atoms. The van der Waals surface area contributed by atoms with Crippen LogP contribution in [0.2, 0.25) is 13.1 Å². The standard InChI is InChI=1S/C39H41N4Si/c1-27(2)28-21-22-40-38(23-28)43-34-16-9-8-15-32(34)33-20-19-31(25-37(33)43)44(6,7)30-14-12-13-29(24-30)41-26-42(39(3,4)5)36-18-11-10-17-35(36)41/h8-27H,1-7H3/q+1. The molecule has 3 aromatic heterocycles. The van der Waals surface area contributed by atoms with Gasteiger partial charge >= 0.3 is 0 Å². The van der Waals surface area contributed by atoms with Gasteiger partial charge in [0.05, 0.1) is 11.0 Å². The second kappa shape index (κ2) is 10.3. The Balaban J connectivity index is 1.38. The molecule has 3 heterocycles. The molecule has 0 saturated carbocycles. The van der Waals surface area contributed by atoms with Crippen LogP contribution >= 0.6 is 0 Å². The molecule has 0 spiro atoms. The maximum Gasteiger partial charge on any atom is 0.250 e. The first-order chi connectivity index (χ1) is 21.0. The zero-order chi connectivity index (χ0) is 30.8. The fourth-order valence-electron chi connectivity index (χ4n) is 6.58. The molecule has 5 heteroatoms. The third kappa shape index (κ3) is 4.58. The molecular weight excluding hydrogens is 553 g/mol.